The van der Waals surface area contributed by atoms with E-state index in [4.69, 9.17) is 146 Å². The Morgan fingerprint density at radius 3 is 0.750 bits per heavy atom. The van der Waals surface area contributed by atoms with E-state index in [1.807, 2.05) is 138 Å². The summed E-state index contributed by atoms with van der Waals surface area (Å²) in [6, 6.07) is 0. The molecule has 15 nitrogen and oxygen atoms in total. The molecule has 9 unspecified atom stereocenters. The highest BCUT2D eigenvalue weighted by molar-refractivity contribution is 8.71. The van der Waals surface area contributed by atoms with Gasteiger partial charge in [-0.3, -0.25) is 4.79 Å². The molecule has 0 spiro atoms. The lowest BCUT2D eigenvalue weighted by Crippen LogP contribution is -2.18. The van der Waals surface area contributed by atoms with Gasteiger partial charge in [-0.15, -0.1) is 0 Å². The lowest BCUT2D eigenvalue weighted by atomic mass is 10.3. The zero-order chi connectivity index (χ0) is 65.1. The predicted octanol–water partition coefficient (Wildman–Crippen LogP) is 20.8. The first-order valence-electron chi connectivity index (χ1n) is 28.1. The molecule has 0 saturated carbocycles. The van der Waals surface area contributed by atoms with Crippen molar-refractivity contribution in [2.75, 3.05) is 53.0 Å². The molecule has 504 valence electrons. The first-order valence-corrected chi connectivity index (χ1v) is 58.0. The predicted molar refractivity (Wildman–Crippen MR) is 405 cm³/mol. The first kappa shape index (κ1) is 90.0. The van der Waals surface area contributed by atoms with Gasteiger partial charge in [0.1, 0.15) is 5.47 Å². The molecule has 0 saturated heterocycles. The van der Waals surface area contributed by atoms with Crippen molar-refractivity contribution in [1.29, 1.82) is 0 Å². The summed E-state index contributed by atoms with van der Waals surface area (Å²) in [5, 5.41) is 0. The molecule has 9 atom stereocenters. The Morgan fingerprint density at radius 2 is 0.536 bits per heavy atom. The molecule has 0 N–H and O–H groups in total. The van der Waals surface area contributed by atoms with Crippen LogP contribution in [0, 0.1) is 5.92 Å². The maximum Gasteiger partial charge on any atom is 0.306 e. The number of hydrogen-bond acceptors (Lipinski definition) is 29. The largest absolute Gasteiger partial charge is 0.466 e. The van der Waals surface area contributed by atoms with Gasteiger partial charge in [-0.2, -0.15) is 0 Å². The van der Waals surface area contributed by atoms with Crippen LogP contribution in [0.2, 0.25) is 0 Å². The summed E-state index contributed by atoms with van der Waals surface area (Å²) < 4.78 is 89.6. The van der Waals surface area contributed by atoms with Gasteiger partial charge in [-0.1, -0.05) is 105 Å². The Labute approximate surface area is 574 Å². The Hall–Kier alpha value is 5.95. The minimum Gasteiger partial charge on any atom is -0.466 e. The highest BCUT2D eigenvalue weighted by Crippen LogP contribution is 2.71. The van der Waals surface area contributed by atoms with Crippen LogP contribution in [0.4, 0.5) is 0 Å². The molecule has 0 fully saturated rings. The van der Waals surface area contributed by atoms with E-state index in [-0.39, 0.29) is 73.9 Å². The summed E-state index contributed by atoms with van der Waals surface area (Å²) in [6.07, 6.45) is -2.42. The monoisotopic (exact) mass is 1580 g/mol. The van der Waals surface area contributed by atoms with Crippen LogP contribution in [-0.2, 0) is 151 Å². The fourth-order valence-corrected chi connectivity index (χ4v) is 48.1. The molecule has 0 bridgehead atoms. The Morgan fingerprint density at radius 1 is 0.321 bits per heavy atom. The highest BCUT2D eigenvalue weighted by Gasteiger charge is 2.36. The second-order valence-corrected chi connectivity index (χ2v) is 66.6. The van der Waals surface area contributed by atoms with E-state index in [1.165, 1.54) is 68.3 Å². The van der Waals surface area contributed by atoms with Crippen LogP contribution in [0.5, 0.6) is 0 Å². The van der Waals surface area contributed by atoms with E-state index in [0.717, 1.165) is 6.16 Å². The van der Waals surface area contributed by atoms with Gasteiger partial charge < -0.3 is 63.5 Å². The molecule has 0 heterocycles. The summed E-state index contributed by atoms with van der Waals surface area (Å²) in [6.45, 7) is 45.4. The summed E-state index contributed by atoms with van der Waals surface area (Å²) in [4.78, 5) is 12.6. The fraction of sp³-hybridized carbons (Fsp3) is 0.979. The van der Waals surface area contributed by atoms with Gasteiger partial charge in [0.05, 0.1) is 92.4 Å². The molecule has 0 aromatic rings. The van der Waals surface area contributed by atoms with Crippen LogP contribution in [-0.4, -0.2) is 138 Å². The number of carbonyl (C=O) groups is 1. The van der Waals surface area contributed by atoms with Gasteiger partial charge in [-0.05, 0) is 222 Å². The lowest BCUT2D eigenvalue weighted by molar-refractivity contribution is -0.142. The van der Waals surface area contributed by atoms with Crippen LogP contribution in [0.25, 0.3) is 0 Å². The third kappa shape index (κ3) is 44.7. The van der Waals surface area contributed by atoms with E-state index < -0.39 is 64.0 Å². The van der Waals surface area contributed by atoms with Crippen molar-refractivity contribution in [3.8, 4) is 0 Å². The van der Waals surface area contributed by atoms with Crippen molar-refractivity contribution in [3.05, 3.63) is 0 Å². The van der Waals surface area contributed by atoms with Crippen molar-refractivity contribution in [1.82, 2.24) is 0 Å². The van der Waals surface area contributed by atoms with Gasteiger partial charge in [0.25, 0.3) is 0 Å². The summed E-state index contributed by atoms with van der Waals surface area (Å²) in [5.74, 6) is 2.92. The van der Waals surface area contributed by atoms with Crippen LogP contribution in [0.15, 0.2) is 0 Å². The van der Waals surface area contributed by atoms with Crippen molar-refractivity contribution in [3.63, 3.8) is 0 Å². The molecule has 0 aliphatic heterocycles. The number of carbonyl (C=O) groups excluding carboxylic acids is 1. The minimum absolute atomic E-state index is 0.00649. The van der Waals surface area contributed by atoms with E-state index in [1.54, 1.807) is 18.3 Å². The maximum absolute atomic E-state index is 12.6. The van der Waals surface area contributed by atoms with Gasteiger partial charge in [0.15, 0.2) is 0 Å². The van der Waals surface area contributed by atoms with E-state index in [2.05, 4.69) is 13.8 Å². The fourth-order valence-electron chi connectivity index (χ4n) is 6.14. The van der Waals surface area contributed by atoms with Crippen LogP contribution in [0.1, 0.15) is 166 Å². The van der Waals surface area contributed by atoms with E-state index in [9.17, 15) is 4.79 Å². The molecule has 0 amide bonds. The van der Waals surface area contributed by atoms with Crippen molar-refractivity contribution in [2.45, 2.75) is 245 Å². The zero-order valence-corrected chi connectivity index (χ0v) is 71.3. The lowest BCUT2D eigenvalue weighted by Gasteiger charge is -2.33. The van der Waals surface area contributed by atoms with Crippen molar-refractivity contribution >= 4 is 208 Å². The van der Waals surface area contributed by atoms with Crippen LogP contribution in [0.3, 0.4) is 0 Å². The van der Waals surface area contributed by atoms with Gasteiger partial charge >= 0.3 is 5.97 Å². The summed E-state index contributed by atoms with van der Waals surface area (Å²) in [7, 11) is 0. The number of rotatable bonds is 51. The first-order chi connectivity index (χ1) is 38.4. The molecular formula is C48H103O15P7S14. The molecule has 84 heavy (non-hydrogen) atoms. The SMILES string of the molecule is CCOC(=O)CCSP(=S)(OC(C)CSP(=S)(OC(C)CSP(=S)(CC(C)C)OC(C)C)OC(C)CSP(=S)(OC(C)C)OC(C)C)OC(C)CSP(=S)(OC(C)CSP(=S)(OC(C)C)OC(C)C)OC(C)CSP(=S)(OC(C)C)OC(C)C. The Bertz CT molecular complexity index is 1930. The van der Waals surface area contributed by atoms with Crippen LogP contribution < -0.4 is 0 Å². The van der Waals surface area contributed by atoms with Crippen LogP contribution >= 0.6 is 119 Å². The Kier molecular flexibility index (Phi) is 48.0. The average molecular weight is 1590 g/mol. The minimum atomic E-state index is -3.23. The number of hydrogen-bond donors (Lipinski definition) is 0. The smallest absolute Gasteiger partial charge is 0.306 e. The van der Waals surface area contributed by atoms with Gasteiger partial charge in [0, 0.05) is 46.4 Å². The summed E-state index contributed by atoms with van der Waals surface area (Å²) >= 11 is 53.3. The second kappa shape index (κ2) is 44.8. The number of esters is 1. The third-order valence-electron chi connectivity index (χ3n) is 8.56. The normalized spacial score (nSPS) is 18.3. The molecular weight excluding hydrogens is 1480 g/mol. The molecule has 0 aromatic carbocycles. The molecule has 0 radical (unpaired) electrons. The van der Waals surface area contributed by atoms with E-state index in [0.29, 0.717) is 46.2 Å². The third-order valence-corrected chi connectivity index (χ3v) is 49.0. The average Bonchev–Trinajstić information content (AvgIpc) is 3.52. The Balaban J connectivity index is 7.03. The quantitative estimate of drug-likeness (QED) is 0.0420. The second-order valence-electron chi connectivity index (χ2n) is 21.6. The standard InChI is InChI=1S/C48H103O15P7S14/c1-24-50-48(49)25-26-78-68(75,58-43(19)32-83-69(76,60-42(18)28-79-64(71,27-34(2)3)51-35(4)5)61-45(21)29-80-65(72,52-36(6)7)53-37(8)9)59-44(20)33-84-70(77,62-46(22)30-81-66(73,54-38(10)11)55-39(12)13)63-47(23)31-82-67(74,56-40(14)15)57-41(16)17/h34-47H,24-33H2,1-23H3. The van der Waals surface area contributed by atoms with Gasteiger partial charge in [-0.25, -0.2) is 0 Å². The molecule has 0 rings (SSSR count). The zero-order valence-electron chi connectivity index (χ0n) is 53.6. The van der Waals surface area contributed by atoms with Gasteiger partial charge in [0.2, 0.25) is 34.2 Å². The molecule has 0 aliphatic rings. The van der Waals surface area contributed by atoms with Crippen molar-refractivity contribution in [2.24, 2.45) is 5.92 Å². The number of ether oxygens (including phenoxy) is 1. The van der Waals surface area contributed by atoms with E-state index >= 15 is 0 Å². The molecule has 0 aliphatic carbocycles. The molecule has 0 aromatic heterocycles. The summed E-state index contributed by atoms with van der Waals surface area (Å²) in [5.41, 5.74) is -19.9. The maximum atomic E-state index is 12.6. The van der Waals surface area contributed by atoms with Crippen molar-refractivity contribution < 1.29 is 68.3 Å². The highest BCUT2D eigenvalue weighted by atomic mass is 32.9. The topological polar surface area (TPSA) is 146 Å². The molecule has 36 heteroatoms.